The average molecular weight is 273 g/mol. The molecule has 1 aliphatic rings. The molecule has 2 N–H and O–H groups in total. The summed E-state index contributed by atoms with van der Waals surface area (Å²) in [6, 6.07) is 3.76. The first-order chi connectivity index (χ1) is 8.24. The minimum Gasteiger partial charge on any atom is -0.481 e. The van der Waals surface area contributed by atoms with Crippen molar-refractivity contribution in [3.8, 4) is 0 Å². The van der Waals surface area contributed by atoms with Crippen molar-refractivity contribution in [2.24, 2.45) is 0 Å². The molecule has 0 heterocycles. The highest BCUT2D eigenvalue weighted by Crippen LogP contribution is 2.48. The van der Waals surface area contributed by atoms with Crippen LogP contribution in [0.3, 0.4) is 0 Å². The maximum atomic E-state index is 13.7. The Kier molecular flexibility index (Phi) is 2.81. The standard InChI is InChI=1S/C11H12FNO4S/c1-18(16,17)13-9-3-2-7(6-8(9)12)11(4-5-11)10(14)15/h2-3,6,13H,4-5H2,1H3,(H,14,15). The molecule has 0 spiro atoms. The second kappa shape index (κ2) is 3.94. The van der Waals surface area contributed by atoms with Crippen LogP contribution in [0.4, 0.5) is 10.1 Å². The number of carboxylic acid groups (broad SMARTS) is 1. The lowest BCUT2D eigenvalue weighted by molar-refractivity contribution is -0.140. The number of carbonyl (C=O) groups is 1. The Hall–Kier alpha value is -1.63. The predicted octanol–water partition coefficient (Wildman–Crippen LogP) is 1.31. The summed E-state index contributed by atoms with van der Waals surface area (Å²) in [6.45, 7) is 0. The molecule has 1 aromatic rings. The first-order valence-corrected chi connectivity index (χ1v) is 7.15. The van der Waals surface area contributed by atoms with Gasteiger partial charge in [-0.3, -0.25) is 9.52 Å². The normalized spacial score (nSPS) is 17.2. The van der Waals surface area contributed by atoms with Crippen LogP contribution in [0.2, 0.25) is 0 Å². The van der Waals surface area contributed by atoms with Crippen LogP contribution in [-0.4, -0.2) is 25.7 Å². The molecule has 0 amide bonds. The van der Waals surface area contributed by atoms with E-state index in [-0.39, 0.29) is 5.69 Å². The summed E-state index contributed by atoms with van der Waals surface area (Å²) in [5.74, 6) is -1.75. The van der Waals surface area contributed by atoms with Gasteiger partial charge in [0.25, 0.3) is 0 Å². The van der Waals surface area contributed by atoms with E-state index < -0.39 is 27.2 Å². The monoisotopic (exact) mass is 273 g/mol. The molecule has 5 nitrogen and oxygen atoms in total. The molecule has 0 aliphatic heterocycles. The van der Waals surface area contributed by atoms with Gasteiger partial charge in [0.15, 0.2) is 0 Å². The molecule has 18 heavy (non-hydrogen) atoms. The van der Waals surface area contributed by atoms with E-state index >= 15 is 0 Å². The Labute approximate surface area is 104 Å². The second-order valence-corrected chi connectivity index (χ2v) is 6.20. The number of hydrogen-bond acceptors (Lipinski definition) is 3. The Morgan fingerprint density at radius 1 is 1.44 bits per heavy atom. The van der Waals surface area contributed by atoms with Gasteiger partial charge in [0.1, 0.15) is 5.82 Å². The summed E-state index contributed by atoms with van der Waals surface area (Å²) in [4.78, 5) is 11.1. The molecule has 98 valence electrons. The van der Waals surface area contributed by atoms with Gasteiger partial charge < -0.3 is 5.11 Å². The summed E-state index contributed by atoms with van der Waals surface area (Å²) in [5, 5.41) is 9.07. The van der Waals surface area contributed by atoms with E-state index in [9.17, 15) is 17.6 Å². The SMILES string of the molecule is CS(=O)(=O)Nc1ccc(C2(C(=O)O)CC2)cc1F. The predicted molar refractivity (Wildman–Crippen MR) is 63.4 cm³/mol. The Balaban J connectivity index is 2.34. The minimum absolute atomic E-state index is 0.178. The van der Waals surface area contributed by atoms with E-state index in [2.05, 4.69) is 0 Å². The smallest absolute Gasteiger partial charge is 0.314 e. The Morgan fingerprint density at radius 3 is 2.44 bits per heavy atom. The molecule has 0 aromatic heterocycles. The van der Waals surface area contributed by atoms with Gasteiger partial charge in [-0.25, -0.2) is 12.8 Å². The van der Waals surface area contributed by atoms with Gasteiger partial charge in [-0.15, -0.1) is 0 Å². The summed E-state index contributed by atoms with van der Waals surface area (Å²) < 4.78 is 37.7. The zero-order chi connectivity index (χ0) is 13.6. The largest absolute Gasteiger partial charge is 0.481 e. The van der Waals surface area contributed by atoms with E-state index in [1.54, 1.807) is 0 Å². The quantitative estimate of drug-likeness (QED) is 0.866. The first kappa shape index (κ1) is 12.8. The van der Waals surface area contributed by atoms with Crippen LogP contribution in [0.1, 0.15) is 18.4 Å². The Morgan fingerprint density at radius 2 is 2.06 bits per heavy atom. The lowest BCUT2D eigenvalue weighted by atomic mass is 9.96. The van der Waals surface area contributed by atoms with Gasteiger partial charge in [0.05, 0.1) is 17.4 Å². The third kappa shape index (κ3) is 2.31. The first-order valence-electron chi connectivity index (χ1n) is 5.26. The number of carboxylic acids is 1. The van der Waals surface area contributed by atoms with Crippen molar-refractivity contribution < 1.29 is 22.7 Å². The highest BCUT2D eigenvalue weighted by molar-refractivity contribution is 7.92. The lowest BCUT2D eigenvalue weighted by Gasteiger charge is -2.12. The average Bonchev–Trinajstić information content (AvgIpc) is 3.00. The number of halogens is 1. The summed E-state index contributed by atoms with van der Waals surface area (Å²) >= 11 is 0. The fraction of sp³-hybridized carbons (Fsp3) is 0.364. The van der Waals surface area contributed by atoms with E-state index in [0.717, 1.165) is 12.3 Å². The number of anilines is 1. The number of nitrogens with one attached hydrogen (secondary N) is 1. The summed E-state index contributed by atoms with van der Waals surface area (Å²) in [6.07, 6.45) is 1.86. The number of benzene rings is 1. The topological polar surface area (TPSA) is 83.5 Å². The number of aliphatic carboxylic acids is 1. The van der Waals surface area contributed by atoms with Crippen LogP contribution >= 0.6 is 0 Å². The molecule has 2 rings (SSSR count). The number of rotatable bonds is 4. The molecular weight excluding hydrogens is 261 g/mol. The molecular formula is C11H12FNO4S. The molecule has 0 saturated heterocycles. The fourth-order valence-corrected chi connectivity index (χ4v) is 2.41. The second-order valence-electron chi connectivity index (χ2n) is 4.46. The fourth-order valence-electron chi connectivity index (χ4n) is 1.85. The van der Waals surface area contributed by atoms with Crippen LogP contribution in [0.25, 0.3) is 0 Å². The van der Waals surface area contributed by atoms with Crippen molar-refractivity contribution in [1.29, 1.82) is 0 Å². The zero-order valence-electron chi connectivity index (χ0n) is 9.60. The molecule has 7 heteroatoms. The van der Waals surface area contributed by atoms with Crippen molar-refractivity contribution in [2.45, 2.75) is 18.3 Å². The molecule has 0 atom stereocenters. The molecule has 1 fully saturated rings. The number of sulfonamides is 1. The molecule has 0 radical (unpaired) electrons. The van der Waals surface area contributed by atoms with Crippen LogP contribution < -0.4 is 4.72 Å². The van der Waals surface area contributed by atoms with Crippen molar-refractivity contribution in [3.05, 3.63) is 29.6 Å². The lowest BCUT2D eigenvalue weighted by Crippen LogP contribution is -2.20. The Bertz CT molecular complexity index is 607. The van der Waals surface area contributed by atoms with Crippen LogP contribution in [-0.2, 0) is 20.2 Å². The van der Waals surface area contributed by atoms with Crippen molar-refractivity contribution >= 4 is 21.7 Å². The molecule has 1 aliphatic carbocycles. The summed E-state index contributed by atoms with van der Waals surface area (Å²) in [7, 11) is -3.56. The van der Waals surface area contributed by atoms with Crippen LogP contribution in [0.5, 0.6) is 0 Å². The van der Waals surface area contributed by atoms with E-state index in [1.807, 2.05) is 4.72 Å². The van der Waals surface area contributed by atoms with Gasteiger partial charge in [-0.2, -0.15) is 0 Å². The number of hydrogen-bond donors (Lipinski definition) is 2. The molecule has 1 saturated carbocycles. The van der Waals surface area contributed by atoms with E-state index in [1.165, 1.54) is 12.1 Å². The van der Waals surface area contributed by atoms with Gasteiger partial charge in [0, 0.05) is 0 Å². The van der Waals surface area contributed by atoms with Crippen LogP contribution in [0, 0.1) is 5.82 Å². The highest BCUT2D eigenvalue weighted by atomic mass is 32.2. The maximum Gasteiger partial charge on any atom is 0.314 e. The van der Waals surface area contributed by atoms with Crippen molar-refractivity contribution in [2.75, 3.05) is 11.0 Å². The molecule has 1 aromatic carbocycles. The van der Waals surface area contributed by atoms with Gasteiger partial charge in [0.2, 0.25) is 10.0 Å². The molecule has 0 unspecified atom stereocenters. The maximum absolute atomic E-state index is 13.7. The van der Waals surface area contributed by atoms with E-state index in [4.69, 9.17) is 5.11 Å². The highest BCUT2D eigenvalue weighted by Gasteiger charge is 2.51. The minimum atomic E-state index is -3.56. The summed E-state index contributed by atoms with van der Waals surface area (Å²) in [5.41, 5.74) is -0.807. The van der Waals surface area contributed by atoms with E-state index in [0.29, 0.717) is 18.4 Å². The van der Waals surface area contributed by atoms with Crippen molar-refractivity contribution in [1.82, 2.24) is 0 Å². The van der Waals surface area contributed by atoms with Crippen LogP contribution in [0.15, 0.2) is 18.2 Å². The molecule has 0 bridgehead atoms. The van der Waals surface area contributed by atoms with Gasteiger partial charge >= 0.3 is 5.97 Å². The van der Waals surface area contributed by atoms with Gasteiger partial charge in [-0.1, -0.05) is 6.07 Å². The zero-order valence-corrected chi connectivity index (χ0v) is 10.4. The van der Waals surface area contributed by atoms with Gasteiger partial charge in [-0.05, 0) is 30.5 Å². The van der Waals surface area contributed by atoms with Crippen molar-refractivity contribution in [3.63, 3.8) is 0 Å². The third-order valence-electron chi connectivity index (χ3n) is 2.98. The third-order valence-corrected chi connectivity index (χ3v) is 3.57.